The number of carbonyl (C=O) groups excluding carboxylic acids is 1. The highest BCUT2D eigenvalue weighted by molar-refractivity contribution is 14.0. The minimum Gasteiger partial charge on any atom is -0.356 e. The zero-order chi connectivity index (χ0) is 17.4. The summed E-state index contributed by atoms with van der Waals surface area (Å²) in [5.74, 6) is 1.39. The van der Waals surface area contributed by atoms with E-state index in [4.69, 9.17) is 0 Å². The van der Waals surface area contributed by atoms with Gasteiger partial charge in [-0.05, 0) is 37.0 Å². The minimum absolute atomic E-state index is 0. The quantitative estimate of drug-likeness (QED) is 0.402. The van der Waals surface area contributed by atoms with Gasteiger partial charge in [0.1, 0.15) is 0 Å². The second-order valence-electron chi connectivity index (χ2n) is 6.33. The highest BCUT2D eigenvalue weighted by atomic mass is 127. The maximum absolute atomic E-state index is 12.0. The number of aliphatic imine (C=N–C) groups is 1. The first-order valence-corrected chi connectivity index (χ1v) is 8.13. The van der Waals surface area contributed by atoms with Gasteiger partial charge in [0.05, 0.1) is 0 Å². The zero-order valence-corrected chi connectivity index (χ0v) is 17.9. The number of nitrogens with one attached hydrogen (secondary N) is 2. The highest BCUT2D eigenvalue weighted by Gasteiger charge is 2.10. The Morgan fingerprint density at radius 3 is 2.46 bits per heavy atom. The van der Waals surface area contributed by atoms with E-state index >= 15 is 0 Å². The van der Waals surface area contributed by atoms with Crippen LogP contribution in [0, 0.1) is 5.92 Å². The summed E-state index contributed by atoms with van der Waals surface area (Å²) < 4.78 is 0. The Morgan fingerprint density at radius 2 is 1.92 bits per heavy atom. The van der Waals surface area contributed by atoms with Gasteiger partial charge in [-0.1, -0.05) is 26.0 Å². The second-order valence-corrected chi connectivity index (χ2v) is 6.33. The van der Waals surface area contributed by atoms with Crippen molar-refractivity contribution in [3.8, 4) is 0 Å². The summed E-state index contributed by atoms with van der Waals surface area (Å²) in [5.41, 5.74) is 1.86. The average Bonchev–Trinajstić information content (AvgIpc) is 2.53. The van der Waals surface area contributed by atoms with Crippen LogP contribution in [0.1, 0.15) is 36.7 Å². The maximum Gasteiger partial charge on any atom is 0.253 e. The van der Waals surface area contributed by atoms with Crippen LogP contribution < -0.4 is 10.6 Å². The topological polar surface area (TPSA) is 56.7 Å². The molecule has 0 saturated heterocycles. The highest BCUT2D eigenvalue weighted by Crippen LogP contribution is 2.07. The van der Waals surface area contributed by atoms with Gasteiger partial charge in [-0.25, -0.2) is 0 Å². The molecule has 0 fully saturated rings. The van der Waals surface area contributed by atoms with Crippen LogP contribution in [0.3, 0.4) is 0 Å². The van der Waals surface area contributed by atoms with Crippen molar-refractivity contribution < 1.29 is 4.79 Å². The summed E-state index contributed by atoms with van der Waals surface area (Å²) >= 11 is 0. The fraction of sp³-hybridized carbons (Fsp3) is 0.556. The van der Waals surface area contributed by atoms with E-state index in [1.807, 2.05) is 24.3 Å². The van der Waals surface area contributed by atoms with E-state index in [0.717, 1.165) is 30.1 Å². The van der Waals surface area contributed by atoms with Gasteiger partial charge >= 0.3 is 0 Å². The molecule has 136 valence electrons. The van der Waals surface area contributed by atoms with Crippen LogP contribution in [0.4, 0.5) is 0 Å². The first kappa shape index (κ1) is 22.7. The number of carbonyl (C=O) groups is 1. The SMILES string of the molecule is CN=C(NCCc1cccc(C(=O)N(C)C)c1)NC(C)C(C)C.I. The van der Waals surface area contributed by atoms with Crippen LogP contribution in [0.15, 0.2) is 29.3 Å². The molecule has 1 aromatic rings. The lowest BCUT2D eigenvalue weighted by atomic mass is 10.1. The maximum atomic E-state index is 12.0. The lowest BCUT2D eigenvalue weighted by Crippen LogP contribution is -2.44. The van der Waals surface area contributed by atoms with E-state index in [0.29, 0.717) is 12.0 Å². The molecule has 0 aromatic heterocycles. The number of benzene rings is 1. The second kappa shape index (κ2) is 11.3. The number of hydrogen-bond acceptors (Lipinski definition) is 2. The smallest absolute Gasteiger partial charge is 0.253 e. The minimum atomic E-state index is 0. The molecule has 0 aliphatic rings. The van der Waals surface area contributed by atoms with E-state index < -0.39 is 0 Å². The van der Waals surface area contributed by atoms with Gasteiger partial charge in [-0.15, -0.1) is 24.0 Å². The van der Waals surface area contributed by atoms with Gasteiger partial charge in [-0.2, -0.15) is 0 Å². The Labute approximate surface area is 163 Å². The van der Waals surface area contributed by atoms with Crippen molar-refractivity contribution in [2.75, 3.05) is 27.7 Å². The van der Waals surface area contributed by atoms with E-state index in [1.165, 1.54) is 0 Å². The number of rotatable bonds is 6. The Kier molecular flexibility index (Phi) is 10.7. The van der Waals surface area contributed by atoms with Crippen LogP contribution in [0.25, 0.3) is 0 Å². The number of hydrogen-bond donors (Lipinski definition) is 2. The van der Waals surface area contributed by atoms with E-state index in [2.05, 4.69) is 36.4 Å². The van der Waals surface area contributed by atoms with Crippen molar-refractivity contribution in [2.45, 2.75) is 33.2 Å². The Balaban J connectivity index is 0.00000529. The molecule has 1 rings (SSSR count). The van der Waals surface area contributed by atoms with Gasteiger partial charge in [-0.3, -0.25) is 9.79 Å². The Morgan fingerprint density at radius 1 is 1.25 bits per heavy atom. The number of guanidine groups is 1. The summed E-state index contributed by atoms with van der Waals surface area (Å²) in [7, 11) is 5.31. The molecule has 0 aliphatic heterocycles. The van der Waals surface area contributed by atoms with Crippen LogP contribution in [-0.4, -0.2) is 50.5 Å². The third kappa shape index (κ3) is 7.51. The molecule has 1 unspecified atom stereocenters. The van der Waals surface area contributed by atoms with Crippen molar-refractivity contribution in [2.24, 2.45) is 10.9 Å². The number of halogens is 1. The van der Waals surface area contributed by atoms with Crippen LogP contribution in [-0.2, 0) is 6.42 Å². The van der Waals surface area contributed by atoms with Gasteiger partial charge < -0.3 is 15.5 Å². The van der Waals surface area contributed by atoms with Crippen molar-refractivity contribution in [1.82, 2.24) is 15.5 Å². The molecule has 0 radical (unpaired) electrons. The average molecular weight is 446 g/mol. The largest absolute Gasteiger partial charge is 0.356 e. The Bertz CT molecular complexity index is 544. The molecule has 5 nitrogen and oxygen atoms in total. The molecule has 6 heteroatoms. The van der Waals surface area contributed by atoms with E-state index in [1.54, 1.807) is 26.0 Å². The molecule has 0 heterocycles. The molecular formula is C18H31IN4O. The first-order valence-electron chi connectivity index (χ1n) is 8.13. The lowest BCUT2D eigenvalue weighted by molar-refractivity contribution is 0.0827. The standard InChI is InChI=1S/C18H30N4O.HI/c1-13(2)14(3)21-18(19-4)20-11-10-15-8-7-9-16(12-15)17(23)22(5)6;/h7-9,12-14H,10-11H2,1-6H3,(H2,19,20,21);1H. The van der Waals surface area contributed by atoms with Gasteiger partial charge in [0, 0.05) is 39.3 Å². The fourth-order valence-corrected chi connectivity index (χ4v) is 2.02. The van der Waals surface area contributed by atoms with Crippen molar-refractivity contribution in [1.29, 1.82) is 0 Å². The molecular weight excluding hydrogens is 415 g/mol. The van der Waals surface area contributed by atoms with Crippen LogP contribution >= 0.6 is 24.0 Å². The molecule has 0 bridgehead atoms. The zero-order valence-electron chi connectivity index (χ0n) is 15.6. The molecule has 1 aromatic carbocycles. The summed E-state index contributed by atoms with van der Waals surface area (Å²) in [5, 5.41) is 6.69. The van der Waals surface area contributed by atoms with Gasteiger partial charge in [0.2, 0.25) is 0 Å². The molecule has 0 aliphatic carbocycles. The Hall–Kier alpha value is -1.31. The third-order valence-corrected chi connectivity index (χ3v) is 3.87. The number of nitrogens with zero attached hydrogens (tertiary/aromatic N) is 2. The summed E-state index contributed by atoms with van der Waals surface area (Å²) in [6.07, 6.45) is 0.839. The molecule has 2 N–H and O–H groups in total. The lowest BCUT2D eigenvalue weighted by Gasteiger charge is -2.20. The van der Waals surface area contributed by atoms with Gasteiger partial charge in [0.25, 0.3) is 5.91 Å². The summed E-state index contributed by atoms with van der Waals surface area (Å²) in [4.78, 5) is 17.8. The molecule has 1 amide bonds. The van der Waals surface area contributed by atoms with E-state index in [-0.39, 0.29) is 29.9 Å². The predicted molar refractivity (Wildman–Crippen MR) is 112 cm³/mol. The van der Waals surface area contributed by atoms with E-state index in [9.17, 15) is 4.79 Å². The normalized spacial score (nSPS) is 12.4. The van der Waals surface area contributed by atoms with Crippen LogP contribution in [0.2, 0.25) is 0 Å². The molecule has 24 heavy (non-hydrogen) atoms. The molecule has 1 atom stereocenters. The van der Waals surface area contributed by atoms with Crippen molar-refractivity contribution in [3.63, 3.8) is 0 Å². The molecule has 0 saturated carbocycles. The molecule has 0 spiro atoms. The first-order chi connectivity index (χ1) is 10.8. The van der Waals surface area contributed by atoms with Crippen LogP contribution in [0.5, 0.6) is 0 Å². The number of amides is 1. The third-order valence-electron chi connectivity index (χ3n) is 3.87. The predicted octanol–water partition coefficient (Wildman–Crippen LogP) is 2.76. The fourth-order valence-electron chi connectivity index (χ4n) is 2.02. The summed E-state index contributed by atoms with van der Waals surface area (Å²) in [6, 6.07) is 8.14. The van der Waals surface area contributed by atoms with Gasteiger partial charge in [0.15, 0.2) is 5.96 Å². The summed E-state index contributed by atoms with van der Waals surface area (Å²) in [6.45, 7) is 7.27. The monoisotopic (exact) mass is 446 g/mol. The van der Waals surface area contributed by atoms with Crippen molar-refractivity contribution in [3.05, 3.63) is 35.4 Å². The van der Waals surface area contributed by atoms with Crippen molar-refractivity contribution >= 4 is 35.8 Å².